The molecule has 1 atom stereocenters. The van der Waals surface area contributed by atoms with E-state index in [4.69, 9.17) is 17.3 Å². The van der Waals surface area contributed by atoms with Crippen molar-refractivity contribution in [1.29, 1.82) is 0 Å². The van der Waals surface area contributed by atoms with Crippen molar-refractivity contribution in [3.05, 3.63) is 70.2 Å². The van der Waals surface area contributed by atoms with Gasteiger partial charge in [0.15, 0.2) is 0 Å². The average molecular weight is 274 g/mol. The molecule has 2 heteroatoms. The van der Waals surface area contributed by atoms with Gasteiger partial charge in [-0.05, 0) is 35.1 Å². The Morgan fingerprint density at radius 2 is 1.74 bits per heavy atom. The van der Waals surface area contributed by atoms with E-state index in [9.17, 15) is 0 Å². The first-order valence-corrected chi connectivity index (χ1v) is 7.04. The van der Waals surface area contributed by atoms with Crippen LogP contribution in [0, 0.1) is 0 Å². The summed E-state index contributed by atoms with van der Waals surface area (Å²) in [4.78, 5) is 0. The number of hydrogen-bond donors (Lipinski definition) is 1. The molecule has 0 spiro atoms. The molecule has 0 aliphatic rings. The molecule has 0 fully saturated rings. The summed E-state index contributed by atoms with van der Waals surface area (Å²) in [5, 5.41) is 0.757. The largest absolute Gasteiger partial charge is 0.324 e. The molecule has 0 bridgehead atoms. The molecule has 0 saturated carbocycles. The molecule has 2 N–H and O–H groups in total. The van der Waals surface area contributed by atoms with Crippen molar-refractivity contribution < 1.29 is 0 Å². The Bertz CT molecular complexity index is 534. The lowest BCUT2D eigenvalue weighted by Crippen LogP contribution is -2.14. The van der Waals surface area contributed by atoms with Gasteiger partial charge in [0.2, 0.25) is 0 Å². The van der Waals surface area contributed by atoms with Crippen molar-refractivity contribution in [3.63, 3.8) is 0 Å². The fourth-order valence-corrected chi connectivity index (χ4v) is 2.44. The first-order valence-electron chi connectivity index (χ1n) is 6.66. The van der Waals surface area contributed by atoms with Gasteiger partial charge in [0.05, 0.1) is 0 Å². The van der Waals surface area contributed by atoms with Crippen LogP contribution in [0.3, 0.4) is 0 Å². The van der Waals surface area contributed by atoms with Crippen molar-refractivity contribution in [2.45, 2.75) is 32.2 Å². The number of halogens is 1. The van der Waals surface area contributed by atoms with E-state index in [0.29, 0.717) is 5.92 Å². The van der Waals surface area contributed by atoms with Crippen molar-refractivity contribution in [2.24, 2.45) is 5.73 Å². The van der Waals surface area contributed by atoms with Gasteiger partial charge < -0.3 is 5.73 Å². The van der Waals surface area contributed by atoms with Crippen molar-refractivity contribution in [1.82, 2.24) is 0 Å². The first-order chi connectivity index (χ1) is 9.08. The zero-order valence-corrected chi connectivity index (χ0v) is 12.2. The van der Waals surface area contributed by atoms with Crippen molar-refractivity contribution >= 4 is 11.6 Å². The Morgan fingerprint density at radius 3 is 2.37 bits per heavy atom. The van der Waals surface area contributed by atoms with Crippen molar-refractivity contribution in [2.75, 3.05) is 0 Å². The zero-order chi connectivity index (χ0) is 13.8. The highest BCUT2D eigenvalue weighted by atomic mass is 35.5. The average Bonchev–Trinajstić information content (AvgIpc) is 2.40. The van der Waals surface area contributed by atoms with Gasteiger partial charge in [-0.2, -0.15) is 0 Å². The summed E-state index contributed by atoms with van der Waals surface area (Å²) in [7, 11) is 0. The second-order valence-corrected chi connectivity index (χ2v) is 5.64. The lowest BCUT2D eigenvalue weighted by Gasteiger charge is -2.16. The third-order valence-electron chi connectivity index (χ3n) is 3.38. The van der Waals surface area contributed by atoms with Gasteiger partial charge in [-0.15, -0.1) is 0 Å². The van der Waals surface area contributed by atoms with Crippen LogP contribution in [0.4, 0.5) is 0 Å². The molecule has 1 nitrogen and oxygen atoms in total. The summed E-state index contributed by atoms with van der Waals surface area (Å²) in [5.74, 6) is 0.486. The van der Waals surface area contributed by atoms with E-state index in [1.54, 1.807) is 0 Å². The van der Waals surface area contributed by atoms with Gasteiger partial charge >= 0.3 is 0 Å². The molecule has 2 rings (SSSR count). The van der Waals surface area contributed by atoms with E-state index in [1.807, 2.05) is 24.3 Å². The fourth-order valence-electron chi connectivity index (χ4n) is 2.18. The zero-order valence-electron chi connectivity index (χ0n) is 11.4. The summed E-state index contributed by atoms with van der Waals surface area (Å²) >= 11 is 6.28. The highest BCUT2D eigenvalue weighted by Crippen LogP contribution is 2.28. The molecule has 0 aromatic heterocycles. The summed E-state index contributed by atoms with van der Waals surface area (Å²) in [6.07, 6.45) is 0.808. The summed E-state index contributed by atoms with van der Waals surface area (Å²) in [6, 6.07) is 16.4. The maximum Gasteiger partial charge on any atom is 0.0454 e. The SMILES string of the molecule is CC(C)c1ccc(Cl)c(C(N)Cc2ccccc2)c1. The molecule has 19 heavy (non-hydrogen) atoms. The monoisotopic (exact) mass is 273 g/mol. The summed E-state index contributed by atoms with van der Waals surface area (Å²) in [6.45, 7) is 4.35. The van der Waals surface area contributed by atoms with Crippen LogP contribution >= 0.6 is 11.6 Å². The van der Waals surface area contributed by atoms with Crippen LogP contribution in [0.5, 0.6) is 0 Å². The van der Waals surface area contributed by atoms with Gasteiger partial charge in [-0.1, -0.05) is 67.9 Å². The molecule has 0 heterocycles. The summed E-state index contributed by atoms with van der Waals surface area (Å²) in [5.41, 5.74) is 9.87. The van der Waals surface area contributed by atoms with Crippen LogP contribution in [0.25, 0.3) is 0 Å². The minimum absolute atomic E-state index is 0.0615. The van der Waals surface area contributed by atoms with E-state index >= 15 is 0 Å². The molecule has 100 valence electrons. The molecule has 0 aliphatic carbocycles. The second-order valence-electron chi connectivity index (χ2n) is 5.23. The molecular weight excluding hydrogens is 254 g/mol. The van der Waals surface area contributed by atoms with Crippen molar-refractivity contribution in [3.8, 4) is 0 Å². The topological polar surface area (TPSA) is 26.0 Å². The number of benzene rings is 2. The molecule has 0 aliphatic heterocycles. The highest BCUT2D eigenvalue weighted by molar-refractivity contribution is 6.31. The Morgan fingerprint density at radius 1 is 1.05 bits per heavy atom. The minimum Gasteiger partial charge on any atom is -0.324 e. The van der Waals surface area contributed by atoms with Crippen LogP contribution in [0.15, 0.2) is 48.5 Å². The number of nitrogens with two attached hydrogens (primary N) is 1. The molecule has 0 radical (unpaired) electrons. The lowest BCUT2D eigenvalue weighted by atomic mass is 9.95. The molecular formula is C17H20ClN. The van der Waals surface area contributed by atoms with Gasteiger partial charge in [0, 0.05) is 11.1 Å². The van der Waals surface area contributed by atoms with Crippen LogP contribution in [-0.4, -0.2) is 0 Å². The van der Waals surface area contributed by atoms with Crippen LogP contribution in [0.2, 0.25) is 5.02 Å². The fraction of sp³-hybridized carbons (Fsp3) is 0.294. The Kier molecular flexibility index (Phi) is 4.62. The van der Waals surface area contributed by atoms with Crippen LogP contribution in [-0.2, 0) is 6.42 Å². The van der Waals surface area contributed by atoms with Gasteiger partial charge in [0.25, 0.3) is 0 Å². The predicted octanol–water partition coefficient (Wildman–Crippen LogP) is 4.71. The molecule has 1 unspecified atom stereocenters. The molecule has 2 aromatic rings. The number of rotatable bonds is 4. The standard InChI is InChI=1S/C17H20ClN/c1-12(2)14-8-9-16(18)15(11-14)17(19)10-13-6-4-3-5-7-13/h3-9,11-12,17H,10,19H2,1-2H3. The maximum absolute atomic E-state index is 6.31. The van der Waals surface area contributed by atoms with Gasteiger partial charge in [0.1, 0.15) is 0 Å². The lowest BCUT2D eigenvalue weighted by molar-refractivity contribution is 0.718. The van der Waals surface area contributed by atoms with E-state index < -0.39 is 0 Å². The molecule has 0 saturated heterocycles. The van der Waals surface area contributed by atoms with Gasteiger partial charge in [-0.3, -0.25) is 0 Å². The third kappa shape index (κ3) is 3.59. The third-order valence-corrected chi connectivity index (χ3v) is 3.73. The molecule has 0 amide bonds. The van der Waals surface area contributed by atoms with E-state index in [1.165, 1.54) is 11.1 Å². The van der Waals surface area contributed by atoms with E-state index in [-0.39, 0.29) is 6.04 Å². The normalized spacial score (nSPS) is 12.7. The second kappa shape index (κ2) is 6.23. The Balaban J connectivity index is 2.23. The van der Waals surface area contributed by atoms with E-state index in [0.717, 1.165) is 17.0 Å². The predicted molar refractivity (Wildman–Crippen MR) is 82.6 cm³/mol. The quantitative estimate of drug-likeness (QED) is 0.858. The maximum atomic E-state index is 6.31. The Hall–Kier alpha value is -1.31. The highest BCUT2D eigenvalue weighted by Gasteiger charge is 2.12. The van der Waals surface area contributed by atoms with Crippen LogP contribution in [0.1, 0.15) is 42.5 Å². The first kappa shape index (κ1) is 14.1. The molecule has 2 aromatic carbocycles. The Labute approximate surface area is 120 Å². The van der Waals surface area contributed by atoms with Gasteiger partial charge in [-0.25, -0.2) is 0 Å². The van der Waals surface area contributed by atoms with E-state index in [2.05, 4.69) is 38.1 Å². The smallest absolute Gasteiger partial charge is 0.0454 e. The number of hydrogen-bond acceptors (Lipinski definition) is 1. The van der Waals surface area contributed by atoms with Crippen LogP contribution < -0.4 is 5.73 Å². The minimum atomic E-state index is -0.0615. The summed E-state index contributed by atoms with van der Waals surface area (Å²) < 4.78 is 0.